The number of ether oxygens (including phenoxy) is 1. The normalized spacial score (nSPS) is 23.4. The smallest absolute Gasteiger partial charge is 0.253 e. The van der Waals surface area contributed by atoms with Gasteiger partial charge in [-0.25, -0.2) is 15.0 Å². The fourth-order valence-electron chi connectivity index (χ4n) is 3.84. The molecule has 11 nitrogen and oxygen atoms in total. The van der Waals surface area contributed by atoms with Crippen molar-refractivity contribution in [2.45, 2.75) is 30.9 Å². The van der Waals surface area contributed by atoms with Crippen molar-refractivity contribution in [1.82, 2.24) is 29.8 Å². The number of carbonyl (C=O) groups is 1. The summed E-state index contributed by atoms with van der Waals surface area (Å²) in [6, 6.07) is 8.41. The van der Waals surface area contributed by atoms with Crippen LogP contribution >= 0.6 is 0 Å². The summed E-state index contributed by atoms with van der Waals surface area (Å²) in [4.78, 5) is 29.2. The molecule has 1 saturated heterocycles. The lowest BCUT2D eigenvalue weighted by Crippen LogP contribution is -2.59. The number of aliphatic hydroxyl groups excluding tert-OH is 2. The van der Waals surface area contributed by atoms with Crippen LogP contribution in [0.4, 0.5) is 5.82 Å². The Bertz CT molecular complexity index is 1290. The summed E-state index contributed by atoms with van der Waals surface area (Å²) in [5, 5.41) is 24.8. The first-order valence-corrected chi connectivity index (χ1v) is 10.1. The van der Waals surface area contributed by atoms with E-state index in [1.54, 1.807) is 10.6 Å². The third kappa shape index (κ3) is 3.62. The molecule has 0 aliphatic carbocycles. The Labute approximate surface area is 181 Å². The molecule has 11 heteroatoms. The highest BCUT2D eigenvalue weighted by Gasteiger charge is 2.39. The number of hydrogen-bond donors (Lipinski definition) is 4. The van der Waals surface area contributed by atoms with Crippen molar-refractivity contribution in [3.63, 3.8) is 0 Å². The van der Waals surface area contributed by atoms with Crippen LogP contribution < -0.4 is 11.1 Å². The zero-order valence-corrected chi connectivity index (χ0v) is 16.9. The average molecular weight is 435 g/mol. The van der Waals surface area contributed by atoms with Gasteiger partial charge >= 0.3 is 0 Å². The van der Waals surface area contributed by atoms with Gasteiger partial charge in [0.2, 0.25) is 0 Å². The van der Waals surface area contributed by atoms with Crippen molar-refractivity contribution in [2.75, 3.05) is 12.3 Å². The van der Waals surface area contributed by atoms with Gasteiger partial charge in [-0.3, -0.25) is 9.78 Å². The van der Waals surface area contributed by atoms with Crippen LogP contribution in [0, 0.1) is 0 Å². The molecule has 0 spiro atoms. The molecule has 164 valence electrons. The largest absolute Gasteiger partial charge is 0.388 e. The van der Waals surface area contributed by atoms with Crippen LogP contribution in [0.3, 0.4) is 0 Å². The molecular formula is C21H21N7O4. The molecule has 4 atom stereocenters. The minimum Gasteiger partial charge on any atom is -0.388 e. The molecule has 1 aliphatic rings. The van der Waals surface area contributed by atoms with Gasteiger partial charge in [0.25, 0.3) is 5.91 Å². The van der Waals surface area contributed by atoms with Gasteiger partial charge in [-0.05, 0) is 12.1 Å². The minimum atomic E-state index is -1.24. The number of nitrogen functional groups attached to an aromatic ring is 1. The predicted molar refractivity (Wildman–Crippen MR) is 114 cm³/mol. The number of hydrogen-bond acceptors (Lipinski definition) is 9. The Hall–Kier alpha value is -3.67. The summed E-state index contributed by atoms with van der Waals surface area (Å²) in [6.07, 6.45) is 1.15. The van der Waals surface area contributed by atoms with Crippen molar-refractivity contribution in [3.05, 3.63) is 54.7 Å². The summed E-state index contributed by atoms with van der Waals surface area (Å²) in [6.45, 7) is 0.222. The van der Waals surface area contributed by atoms with Crippen LogP contribution in [-0.4, -0.2) is 71.6 Å². The Balaban J connectivity index is 1.27. The highest BCUT2D eigenvalue weighted by molar-refractivity contribution is 5.97. The van der Waals surface area contributed by atoms with E-state index in [2.05, 4.69) is 25.3 Å². The van der Waals surface area contributed by atoms with Gasteiger partial charge in [-0.2, -0.15) is 0 Å². The third-order valence-corrected chi connectivity index (χ3v) is 5.61. The van der Waals surface area contributed by atoms with E-state index in [1.165, 1.54) is 18.9 Å². The predicted octanol–water partition coefficient (Wildman–Crippen LogP) is -0.124. The standard InChI is InChI=1S/C21H21N7O4/c22-19-16-20(25-9-24-19)28(10-26-16)7-15-18(30)17(29)14(8-32-15)27-21(31)12-5-11-3-1-2-4-13(11)23-6-12/h1-6,9-10,14-15,17-18,29-30H,7-8H2,(H,27,31)(H2,22,24,25)/t14-,15-,17+,18-/m1/s1. The second-order valence-corrected chi connectivity index (χ2v) is 7.68. The maximum atomic E-state index is 12.7. The number of aliphatic hydroxyl groups is 2. The van der Waals surface area contributed by atoms with Crippen LogP contribution in [0.1, 0.15) is 10.4 Å². The highest BCUT2D eigenvalue weighted by atomic mass is 16.5. The summed E-state index contributed by atoms with van der Waals surface area (Å²) in [7, 11) is 0. The van der Waals surface area contributed by atoms with E-state index in [0.29, 0.717) is 16.7 Å². The molecule has 0 bridgehead atoms. The van der Waals surface area contributed by atoms with E-state index < -0.39 is 30.3 Å². The van der Waals surface area contributed by atoms with Crippen LogP contribution in [0.2, 0.25) is 0 Å². The van der Waals surface area contributed by atoms with Crippen molar-refractivity contribution in [1.29, 1.82) is 0 Å². The van der Waals surface area contributed by atoms with E-state index in [4.69, 9.17) is 10.5 Å². The molecule has 5 rings (SSSR count). The number of aromatic nitrogens is 5. The molecule has 1 aromatic carbocycles. The molecule has 0 radical (unpaired) electrons. The molecule has 4 heterocycles. The number of fused-ring (bicyclic) bond motifs is 2. The van der Waals surface area contributed by atoms with Gasteiger partial charge in [0.1, 0.15) is 30.2 Å². The number of benzene rings is 1. The lowest BCUT2D eigenvalue weighted by atomic mass is 9.97. The van der Waals surface area contributed by atoms with E-state index >= 15 is 0 Å². The second kappa shape index (κ2) is 8.11. The third-order valence-electron chi connectivity index (χ3n) is 5.61. The monoisotopic (exact) mass is 435 g/mol. The molecule has 1 aliphatic heterocycles. The molecule has 0 saturated carbocycles. The summed E-state index contributed by atoms with van der Waals surface area (Å²) >= 11 is 0. The number of imidazole rings is 1. The van der Waals surface area contributed by atoms with Crippen LogP contribution in [0.25, 0.3) is 22.1 Å². The highest BCUT2D eigenvalue weighted by Crippen LogP contribution is 2.21. The van der Waals surface area contributed by atoms with Gasteiger partial charge < -0.3 is 30.6 Å². The molecule has 0 unspecified atom stereocenters. The van der Waals surface area contributed by atoms with Crippen LogP contribution in [0.15, 0.2) is 49.2 Å². The fourth-order valence-corrected chi connectivity index (χ4v) is 3.84. The first-order chi connectivity index (χ1) is 15.5. The Morgan fingerprint density at radius 2 is 2.03 bits per heavy atom. The van der Waals surface area contributed by atoms with Crippen LogP contribution in [-0.2, 0) is 11.3 Å². The van der Waals surface area contributed by atoms with Gasteiger partial charge in [0.15, 0.2) is 11.5 Å². The molecule has 1 amide bonds. The fraction of sp³-hybridized carbons (Fsp3) is 0.286. The number of nitrogens with zero attached hydrogens (tertiary/aromatic N) is 5. The zero-order valence-electron chi connectivity index (χ0n) is 16.9. The number of nitrogens with two attached hydrogens (primary N) is 1. The lowest BCUT2D eigenvalue weighted by molar-refractivity contribution is -0.152. The molecule has 32 heavy (non-hydrogen) atoms. The van der Waals surface area contributed by atoms with Gasteiger partial charge in [-0.15, -0.1) is 0 Å². The first kappa shape index (κ1) is 20.2. The van der Waals surface area contributed by atoms with E-state index in [0.717, 1.165) is 10.9 Å². The summed E-state index contributed by atoms with van der Waals surface area (Å²) in [5.74, 6) is -0.154. The topological polar surface area (TPSA) is 161 Å². The van der Waals surface area contributed by atoms with Crippen molar-refractivity contribution < 1.29 is 19.7 Å². The number of carbonyl (C=O) groups excluding carboxylic acids is 1. The van der Waals surface area contributed by atoms with Gasteiger partial charge in [0.05, 0.1) is 36.6 Å². The molecule has 5 N–H and O–H groups in total. The Morgan fingerprint density at radius 3 is 2.91 bits per heavy atom. The molecular weight excluding hydrogens is 414 g/mol. The number of amides is 1. The van der Waals surface area contributed by atoms with E-state index in [9.17, 15) is 15.0 Å². The summed E-state index contributed by atoms with van der Waals surface area (Å²) < 4.78 is 7.44. The van der Waals surface area contributed by atoms with E-state index in [1.807, 2.05) is 24.3 Å². The van der Waals surface area contributed by atoms with Gasteiger partial charge in [-0.1, -0.05) is 18.2 Å². The number of anilines is 1. The van der Waals surface area contributed by atoms with Crippen molar-refractivity contribution in [3.8, 4) is 0 Å². The molecule has 4 aromatic rings. The van der Waals surface area contributed by atoms with Crippen molar-refractivity contribution in [2.24, 2.45) is 0 Å². The second-order valence-electron chi connectivity index (χ2n) is 7.68. The Morgan fingerprint density at radius 1 is 1.19 bits per heavy atom. The number of rotatable bonds is 4. The maximum Gasteiger partial charge on any atom is 0.253 e. The molecule has 1 fully saturated rings. The number of para-hydroxylation sites is 1. The average Bonchev–Trinajstić information content (AvgIpc) is 3.22. The Kier molecular flexibility index (Phi) is 5.13. The maximum absolute atomic E-state index is 12.7. The SMILES string of the molecule is Nc1ncnc2c1ncn2C[C@H]1OC[C@@H](NC(=O)c2cnc3ccccc3c2)[C@H](O)[C@@H]1O. The quantitative estimate of drug-likeness (QED) is 0.342. The first-order valence-electron chi connectivity index (χ1n) is 10.1. The van der Waals surface area contributed by atoms with Crippen molar-refractivity contribution >= 4 is 33.8 Å². The van der Waals surface area contributed by atoms with Gasteiger partial charge in [0, 0.05) is 11.6 Å². The minimum absolute atomic E-state index is 0.0272. The number of pyridine rings is 1. The lowest BCUT2D eigenvalue weighted by Gasteiger charge is -2.38. The zero-order chi connectivity index (χ0) is 22.2. The number of nitrogens with one attached hydrogen (secondary N) is 1. The van der Waals surface area contributed by atoms with E-state index in [-0.39, 0.29) is 19.0 Å². The van der Waals surface area contributed by atoms with Crippen LogP contribution in [0.5, 0.6) is 0 Å². The summed E-state index contributed by atoms with van der Waals surface area (Å²) in [5.41, 5.74) is 7.89. The molecule has 3 aromatic heterocycles.